The van der Waals surface area contributed by atoms with Gasteiger partial charge in [0.1, 0.15) is 0 Å². The molecule has 0 bridgehead atoms. The van der Waals surface area contributed by atoms with Crippen molar-refractivity contribution in [3.63, 3.8) is 0 Å². The number of ether oxygens (including phenoxy) is 1. The van der Waals surface area contributed by atoms with Gasteiger partial charge in [-0.25, -0.2) is 4.79 Å². The SMILES string of the molecule is CCOC(=O)/C=C(\C)NC(C(=O)[O-])C(C)CC.[K+]. The van der Waals surface area contributed by atoms with Gasteiger partial charge >= 0.3 is 57.4 Å². The van der Waals surface area contributed by atoms with Crippen molar-refractivity contribution in [1.29, 1.82) is 0 Å². The molecule has 0 radical (unpaired) electrons. The summed E-state index contributed by atoms with van der Waals surface area (Å²) in [6.07, 6.45) is 1.94. The first kappa shape index (κ1) is 20.4. The molecule has 0 spiro atoms. The summed E-state index contributed by atoms with van der Waals surface area (Å²) in [5, 5.41) is 13.7. The van der Waals surface area contributed by atoms with Crippen molar-refractivity contribution in [2.75, 3.05) is 6.61 Å². The second kappa shape index (κ2) is 11.0. The van der Waals surface area contributed by atoms with Gasteiger partial charge in [0.2, 0.25) is 0 Å². The molecule has 0 fully saturated rings. The van der Waals surface area contributed by atoms with E-state index >= 15 is 0 Å². The van der Waals surface area contributed by atoms with E-state index in [4.69, 9.17) is 4.74 Å². The number of hydrogen-bond acceptors (Lipinski definition) is 5. The zero-order valence-corrected chi connectivity index (χ0v) is 14.9. The Morgan fingerprint density at radius 3 is 2.33 bits per heavy atom. The summed E-state index contributed by atoms with van der Waals surface area (Å²) in [6.45, 7) is 7.32. The molecule has 0 saturated carbocycles. The van der Waals surface area contributed by atoms with E-state index in [-0.39, 0.29) is 63.9 Å². The van der Waals surface area contributed by atoms with E-state index in [9.17, 15) is 14.7 Å². The number of rotatable bonds is 7. The number of hydrogen-bond donors (Lipinski definition) is 1. The summed E-state index contributed by atoms with van der Waals surface area (Å²) >= 11 is 0. The summed E-state index contributed by atoms with van der Waals surface area (Å²) in [6, 6.07) is -0.800. The molecule has 1 N–H and O–H groups in total. The Morgan fingerprint density at radius 2 is 1.94 bits per heavy atom. The monoisotopic (exact) mass is 281 g/mol. The molecule has 98 valence electrons. The molecular formula is C12H20KNO4. The summed E-state index contributed by atoms with van der Waals surface area (Å²) in [5.74, 6) is -1.74. The van der Waals surface area contributed by atoms with Gasteiger partial charge in [-0.2, -0.15) is 0 Å². The van der Waals surface area contributed by atoms with E-state index in [0.29, 0.717) is 12.1 Å². The standard InChI is InChI=1S/C12H21NO4.K/c1-5-8(3)11(12(15)16)13-9(4)7-10(14)17-6-2;/h7-8,11,13H,5-6H2,1-4H3,(H,15,16);/q;+1/p-1/b9-7+;. The number of nitrogens with one attached hydrogen (secondary N) is 1. The third kappa shape index (κ3) is 8.26. The summed E-state index contributed by atoms with van der Waals surface area (Å²) in [7, 11) is 0. The molecule has 2 unspecified atom stereocenters. The van der Waals surface area contributed by atoms with Crippen LogP contribution in [0, 0.1) is 5.92 Å². The normalized spacial score (nSPS) is 14.1. The van der Waals surface area contributed by atoms with Crippen LogP contribution >= 0.6 is 0 Å². The van der Waals surface area contributed by atoms with Crippen molar-refractivity contribution in [1.82, 2.24) is 5.32 Å². The van der Waals surface area contributed by atoms with Gasteiger partial charge < -0.3 is 20.0 Å². The zero-order valence-electron chi connectivity index (χ0n) is 11.8. The number of aliphatic carboxylic acids is 1. The van der Waals surface area contributed by atoms with Crippen LogP contribution in [0.15, 0.2) is 11.8 Å². The maximum absolute atomic E-state index is 11.1. The predicted octanol–water partition coefficient (Wildman–Crippen LogP) is -2.79. The third-order valence-corrected chi connectivity index (χ3v) is 2.47. The zero-order chi connectivity index (χ0) is 13.4. The van der Waals surface area contributed by atoms with Crippen LogP contribution in [0.2, 0.25) is 0 Å². The maximum atomic E-state index is 11.1. The van der Waals surface area contributed by atoms with Gasteiger partial charge in [0.15, 0.2) is 0 Å². The largest absolute Gasteiger partial charge is 1.00 e. The molecule has 0 aliphatic rings. The first-order valence-electron chi connectivity index (χ1n) is 5.74. The van der Waals surface area contributed by atoms with Crippen LogP contribution in [-0.4, -0.2) is 24.6 Å². The fourth-order valence-corrected chi connectivity index (χ4v) is 1.32. The van der Waals surface area contributed by atoms with Crippen LogP contribution in [0.5, 0.6) is 0 Å². The first-order valence-corrected chi connectivity index (χ1v) is 5.74. The van der Waals surface area contributed by atoms with Crippen LogP contribution in [-0.2, 0) is 14.3 Å². The quantitative estimate of drug-likeness (QED) is 0.310. The number of carboxylic acids is 1. The Hall–Kier alpha value is 0.116. The van der Waals surface area contributed by atoms with Crippen LogP contribution in [0.4, 0.5) is 0 Å². The molecule has 6 heteroatoms. The minimum absolute atomic E-state index is 0. The van der Waals surface area contributed by atoms with Crippen molar-refractivity contribution in [3.05, 3.63) is 11.8 Å². The molecule has 18 heavy (non-hydrogen) atoms. The molecule has 0 saturated heterocycles. The van der Waals surface area contributed by atoms with Gasteiger partial charge in [-0.3, -0.25) is 0 Å². The Balaban J connectivity index is 0. The molecule has 0 rings (SSSR count). The van der Waals surface area contributed by atoms with Crippen LogP contribution in [0.3, 0.4) is 0 Å². The van der Waals surface area contributed by atoms with E-state index in [0.717, 1.165) is 0 Å². The van der Waals surface area contributed by atoms with E-state index in [1.165, 1.54) is 6.08 Å². The van der Waals surface area contributed by atoms with Gasteiger partial charge in [-0.1, -0.05) is 20.3 Å². The molecule has 0 aromatic rings. The second-order valence-electron chi connectivity index (χ2n) is 3.91. The van der Waals surface area contributed by atoms with Gasteiger partial charge in [-0.15, -0.1) is 0 Å². The van der Waals surface area contributed by atoms with E-state index < -0.39 is 18.0 Å². The smallest absolute Gasteiger partial charge is 0.548 e. The molecule has 0 amide bonds. The average molecular weight is 281 g/mol. The maximum Gasteiger partial charge on any atom is 1.00 e. The van der Waals surface area contributed by atoms with Crippen LogP contribution in [0.25, 0.3) is 0 Å². The molecule has 0 aromatic heterocycles. The first-order chi connectivity index (χ1) is 7.92. The van der Waals surface area contributed by atoms with Crippen molar-refractivity contribution in [2.24, 2.45) is 5.92 Å². The van der Waals surface area contributed by atoms with Gasteiger partial charge in [0.25, 0.3) is 0 Å². The summed E-state index contributed by atoms with van der Waals surface area (Å²) < 4.78 is 4.72. The number of allylic oxidation sites excluding steroid dienone is 1. The number of esters is 1. The molecule has 0 aromatic carbocycles. The molecule has 2 atom stereocenters. The molecular weight excluding hydrogens is 261 g/mol. The van der Waals surface area contributed by atoms with E-state index in [2.05, 4.69) is 5.32 Å². The Morgan fingerprint density at radius 1 is 1.39 bits per heavy atom. The number of carboxylic acid groups (broad SMARTS) is 1. The topological polar surface area (TPSA) is 78.5 Å². The molecule has 0 aliphatic heterocycles. The van der Waals surface area contributed by atoms with Gasteiger partial charge in [0.05, 0.1) is 18.6 Å². The molecule has 5 nitrogen and oxygen atoms in total. The second-order valence-corrected chi connectivity index (χ2v) is 3.91. The minimum atomic E-state index is -1.17. The Kier molecular flexibility index (Phi) is 12.5. The minimum Gasteiger partial charge on any atom is -0.548 e. The van der Waals surface area contributed by atoms with Gasteiger partial charge in [0, 0.05) is 11.8 Å². The summed E-state index contributed by atoms with van der Waals surface area (Å²) in [5.41, 5.74) is 0.456. The average Bonchev–Trinajstić information content (AvgIpc) is 2.24. The van der Waals surface area contributed by atoms with Crippen LogP contribution in [0.1, 0.15) is 34.1 Å². The Bertz CT molecular complexity index is 304. The van der Waals surface area contributed by atoms with Crippen LogP contribution < -0.4 is 61.8 Å². The van der Waals surface area contributed by atoms with E-state index in [1.54, 1.807) is 13.8 Å². The van der Waals surface area contributed by atoms with Gasteiger partial charge in [-0.05, 0) is 19.8 Å². The van der Waals surface area contributed by atoms with Crippen molar-refractivity contribution in [3.8, 4) is 0 Å². The number of carbonyl (C=O) groups excluding carboxylic acids is 2. The van der Waals surface area contributed by atoms with E-state index in [1.807, 2.05) is 13.8 Å². The molecule has 0 heterocycles. The predicted molar refractivity (Wildman–Crippen MR) is 61.8 cm³/mol. The molecule has 0 aliphatic carbocycles. The van der Waals surface area contributed by atoms with Crippen molar-refractivity contribution in [2.45, 2.75) is 40.2 Å². The number of carbonyl (C=O) groups is 2. The Labute approximate surface area is 151 Å². The fraction of sp³-hybridized carbons (Fsp3) is 0.667. The third-order valence-electron chi connectivity index (χ3n) is 2.47. The van der Waals surface area contributed by atoms with Crippen molar-refractivity contribution < 1.29 is 70.8 Å². The summed E-state index contributed by atoms with van der Waals surface area (Å²) in [4.78, 5) is 22.1. The fourth-order valence-electron chi connectivity index (χ4n) is 1.32. The van der Waals surface area contributed by atoms with Crippen molar-refractivity contribution >= 4 is 11.9 Å².